The number of nitrogens with zero attached hydrogens (tertiary/aromatic N) is 2. The summed E-state index contributed by atoms with van der Waals surface area (Å²) in [5.41, 5.74) is 0.675. The predicted octanol–water partition coefficient (Wildman–Crippen LogP) is 3.00. The normalized spacial score (nSPS) is 16.8. The minimum absolute atomic E-state index is 0.0977. The fourth-order valence-electron chi connectivity index (χ4n) is 2.73. The van der Waals surface area contributed by atoms with Crippen molar-refractivity contribution in [2.75, 3.05) is 18.5 Å². The first-order valence-electron chi connectivity index (χ1n) is 8.51. The van der Waals surface area contributed by atoms with Crippen LogP contribution >= 0.6 is 0 Å². The van der Waals surface area contributed by atoms with Crippen molar-refractivity contribution in [3.05, 3.63) is 42.5 Å². The molecular formula is C18H22FN3O3. The lowest BCUT2D eigenvalue weighted by atomic mass is 10.2. The van der Waals surface area contributed by atoms with Crippen molar-refractivity contribution in [3.8, 4) is 5.75 Å². The first-order valence-corrected chi connectivity index (χ1v) is 8.51. The van der Waals surface area contributed by atoms with E-state index in [4.69, 9.17) is 9.47 Å². The number of carbonyl (C=O) groups excluding carboxylic acids is 1. The van der Waals surface area contributed by atoms with Crippen molar-refractivity contribution in [1.29, 1.82) is 0 Å². The zero-order valence-corrected chi connectivity index (χ0v) is 14.0. The van der Waals surface area contributed by atoms with Gasteiger partial charge in [-0.15, -0.1) is 0 Å². The molecule has 1 saturated heterocycles. The smallest absolute Gasteiger partial charge is 0.224 e. The molecule has 3 rings (SSSR count). The molecule has 1 aliphatic rings. The van der Waals surface area contributed by atoms with Gasteiger partial charge in [0.15, 0.2) is 0 Å². The Balaban J connectivity index is 1.35. The third-order valence-electron chi connectivity index (χ3n) is 3.94. The number of rotatable bonds is 8. The maximum atomic E-state index is 13.0. The molecule has 2 aromatic rings. The van der Waals surface area contributed by atoms with E-state index in [2.05, 4.69) is 10.4 Å². The Morgan fingerprint density at radius 3 is 3.20 bits per heavy atom. The summed E-state index contributed by atoms with van der Waals surface area (Å²) in [6.45, 7) is 1.87. The summed E-state index contributed by atoms with van der Waals surface area (Å²) >= 11 is 0. The Bertz CT molecular complexity index is 698. The molecule has 0 aliphatic carbocycles. The Morgan fingerprint density at radius 1 is 1.48 bits per heavy atom. The number of anilines is 1. The van der Waals surface area contributed by atoms with Crippen LogP contribution < -0.4 is 10.1 Å². The van der Waals surface area contributed by atoms with Gasteiger partial charge >= 0.3 is 0 Å². The quantitative estimate of drug-likeness (QED) is 0.746. The van der Waals surface area contributed by atoms with Crippen molar-refractivity contribution in [2.45, 2.75) is 38.3 Å². The van der Waals surface area contributed by atoms with E-state index in [0.717, 1.165) is 19.4 Å². The summed E-state index contributed by atoms with van der Waals surface area (Å²) in [6.07, 6.45) is 6.67. The second-order valence-electron chi connectivity index (χ2n) is 6.04. The zero-order chi connectivity index (χ0) is 17.5. The van der Waals surface area contributed by atoms with E-state index in [0.29, 0.717) is 37.4 Å². The van der Waals surface area contributed by atoms with E-state index in [1.807, 2.05) is 6.20 Å². The van der Waals surface area contributed by atoms with Gasteiger partial charge in [0.1, 0.15) is 11.6 Å². The van der Waals surface area contributed by atoms with Gasteiger partial charge in [0, 0.05) is 25.3 Å². The molecule has 25 heavy (non-hydrogen) atoms. The number of benzene rings is 1. The van der Waals surface area contributed by atoms with Crippen molar-refractivity contribution < 1.29 is 18.7 Å². The summed E-state index contributed by atoms with van der Waals surface area (Å²) in [7, 11) is 0. The van der Waals surface area contributed by atoms with Gasteiger partial charge < -0.3 is 14.8 Å². The van der Waals surface area contributed by atoms with Gasteiger partial charge in [-0.1, -0.05) is 6.07 Å². The van der Waals surface area contributed by atoms with Gasteiger partial charge in [-0.3, -0.25) is 9.48 Å². The van der Waals surface area contributed by atoms with Gasteiger partial charge in [-0.25, -0.2) is 4.39 Å². The lowest BCUT2D eigenvalue weighted by Crippen LogP contribution is -2.15. The molecule has 0 unspecified atom stereocenters. The molecule has 1 atom stereocenters. The molecule has 0 radical (unpaired) electrons. The molecule has 1 aliphatic heterocycles. The maximum absolute atomic E-state index is 13.0. The topological polar surface area (TPSA) is 65.4 Å². The number of hydrogen-bond donors (Lipinski definition) is 1. The summed E-state index contributed by atoms with van der Waals surface area (Å²) in [6, 6.07) is 5.96. The Hall–Kier alpha value is -2.41. The first kappa shape index (κ1) is 17.4. The number of aromatic nitrogens is 2. The lowest BCUT2D eigenvalue weighted by Gasteiger charge is -2.08. The highest BCUT2D eigenvalue weighted by molar-refractivity contribution is 5.90. The second-order valence-corrected chi connectivity index (χ2v) is 6.04. The predicted molar refractivity (Wildman–Crippen MR) is 91.0 cm³/mol. The van der Waals surface area contributed by atoms with Crippen LogP contribution in [0.25, 0.3) is 0 Å². The van der Waals surface area contributed by atoms with E-state index in [-0.39, 0.29) is 17.8 Å². The molecule has 1 fully saturated rings. The van der Waals surface area contributed by atoms with E-state index in [9.17, 15) is 9.18 Å². The van der Waals surface area contributed by atoms with Crippen molar-refractivity contribution in [2.24, 2.45) is 0 Å². The fourth-order valence-corrected chi connectivity index (χ4v) is 2.73. The molecule has 0 spiro atoms. The van der Waals surface area contributed by atoms with Crippen LogP contribution in [0, 0.1) is 5.82 Å². The average Bonchev–Trinajstić information content (AvgIpc) is 3.24. The minimum Gasteiger partial charge on any atom is -0.493 e. The Morgan fingerprint density at radius 2 is 2.40 bits per heavy atom. The minimum atomic E-state index is -0.338. The third-order valence-corrected chi connectivity index (χ3v) is 3.94. The molecule has 7 heteroatoms. The van der Waals surface area contributed by atoms with Crippen LogP contribution in [0.5, 0.6) is 5.75 Å². The largest absolute Gasteiger partial charge is 0.493 e. The summed E-state index contributed by atoms with van der Waals surface area (Å²) in [5.74, 6) is 0.0329. The van der Waals surface area contributed by atoms with E-state index in [1.165, 1.54) is 12.1 Å². The number of nitrogens with one attached hydrogen (secondary N) is 1. The molecular weight excluding hydrogens is 325 g/mol. The third kappa shape index (κ3) is 5.56. The molecule has 1 aromatic heterocycles. The fraction of sp³-hybridized carbons (Fsp3) is 0.444. The van der Waals surface area contributed by atoms with Gasteiger partial charge in [0.25, 0.3) is 0 Å². The van der Waals surface area contributed by atoms with Crippen LogP contribution in [0.1, 0.15) is 25.7 Å². The van der Waals surface area contributed by atoms with Crippen LogP contribution in [0.15, 0.2) is 36.7 Å². The van der Waals surface area contributed by atoms with Gasteiger partial charge in [-0.2, -0.15) is 5.10 Å². The highest BCUT2D eigenvalue weighted by Crippen LogP contribution is 2.15. The van der Waals surface area contributed by atoms with Crippen molar-refractivity contribution in [1.82, 2.24) is 9.78 Å². The summed E-state index contributed by atoms with van der Waals surface area (Å²) < 4.78 is 25.8. The molecule has 2 heterocycles. The average molecular weight is 347 g/mol. The van der Waals surface area contributed by atoms with E-state index in [1.54, 1.807) is 23.0 Å². The highest BCUT2D eigenvalue weighted by Gasteiger charge is 2.16. The van der Waals surface area contributed by atoms with Crippen molar-refractivity contribution in [3.63, 3.8) is 0 Å². The van der Waals surface area contributed by atoms with Gasteiger partial charge in [0.2, 0.25) is 5.91 Å². The summed E-state index contributed by atoms with van der Waals surface area (Å²) in [5, 5.41) is 7.06. The molecule has 134 valence electrons. The van der Waals surface area contributed by atoms with Crippen LogP contribution in [-0.2, 0) is 16.1 Å². The standard InChI is InChI=1S/C18H22FN3O3/c19-14-4-1-5-16(10-14)24-9-3-7-18(23)21-15-11-20-22(12-15)13-17-6-2-8-25-17/h1,4-5,10-12,17H,2-3,6-9,13H2,(H,21,23)/t17-/m0/s1. The molecule has 1 amide bonds. The molecule has 6 nitrogen and oxygen atoms in total. The zero-order valence-electron chi connectivity index (χ0n) is 14.0. The maximum Gasteiger partial charge on any atom is 0.224 e. The van der Waals surface area contributed by atoms with Gasteiger partial charge in [-0.05, 0) is 31.4 Å². The number of hydrogen-bond acceptors (Lipinski definition) is 4. The SMILES string of the molecule is O=C(CCCOc1cccc(F)c1)Nc1cnn(C[C@@H]2CCCO2)c1. The number of amides is 1. The number of ether oxygens (including phenoxy) is 2. The van der Waals surface area contributed by atoms with Crippen LogP contribution in [0.2, 0.25) is 0 Å². The Labute approximate surface area is 145 Å². The monoisotopic (exact) mass is 347 g/mol. The second kappa shape index (κ2) is 8.62. The van der Waals surface area contributed by atoms with Crippen LogP contribution in [0.4, 0.5) is 10.1 Å². The first-order chi connectivity index (χ1) is 12.2. The molecule has 0 saturated carbocycles. The summed E-state index contributed by atoms with van der Waals surface area (Å²) in [4.78, 5) is 11.9. The lowest BCUT2D eigenvalue weighted by molar-refractivity contribution is -0.116. The van der Waals surface area contributed by atoms with Crippen molar-refractivity contribution >= 4 is 11.6 Å². The highest BCUT2D eigenvalue weighted by atomic mass is 19.1. The molecule has 0 bridgehead atoms. The van der Waals surface area contributed by atoms with Crippen LogP contribution in [-0.4, -0.2) is 35.0 Å². The number of carbonyl (C=O) groups is 1. The number of halogens is 1. The van der Waals surface area contributed by atoms with E-state index < -0.39 is 0 Å². The Kier molecular flexibility index (Phi) is 6.00. The molecule has 1 N–H and O–H groups in total. The molecule has 1 aromatic carbocycles. The van der Waals surface area contributed by atoms with Gasteiger partial charge in [0.05, 0.1) is 31.1 Å². The van der Waals surface area contributed by atoms with E-state index >= 15 is 0 Å². The van der Waals surface area contributed by atoms with Crippen LogP contribution in [0.3, 0.4) is 0 Å².